The van der Waals surface area contributed by atoms with Crippen LogP contribution in [-0.4, -0.2) is 59.2 Å². The van der Waals surface area contributed by atoms with Gasteiger partial charge in [-0.25, -0.2) is 4.98 Å². The molecule has 0 radical (unpaired) electrons. The van der Waals surface area contributed by atoms with E-state index < -0.39 is 11.7 Å². The van der Waals surface area contributed by atoms with Gasteiger partial charge in [0.2, 0.25) is 5.91 Å². The van der Waals surface area contributed by atoms with Crippen LogP contribution >= 0.6 is 0 Å². The lowest BCUT2D eigenvalue weighted by atomic mass is 9.88. The molecule has 8 nitrogen and oxygen atoms in total. The molecule has 1 aromatic heterocycles. The van der Waals surface area contributed by atoms with E-state index in [2.05, 4.69) is 10.3 Å². The van der Waals surface area contributed by atoms with Gasteiger partial charge in [0, 0.05) is 51.1 Å². The Morgan fingerprint density at radius 1 is 1.29 bits per heavy atom. The number of carbonyl (C=O) groups is 2. The lowest BCUT2D eigenvalue weighted by Crippen LogP contribution is -2.54. The van der Waals surface area contributed by atoms with Crippen LogP contribution in [0.3, 0.4) is 0 Å². The zero-order valence-corrected chi connectivity index (χ0v) is 15.8. The highest BCUT2D eigenvalue weighted by Crippen LogP contribution is 2.40. The van der Waals surface area contributed by atoms with Crippen molar-refractivity contribution in [1.29, 1.82) is 0 Å². The van der Waals surface area contributed by atoms with Crippen molar-refractivity contribution in [2.45, 2.75) is 31.1 Å². The van der Waals surface area contributed by atoms with Crippen molar-refractivity contribution in [1.82, 2.24) is 14.5 Å². The Bertz CT molecular complexity index is 843. The van der Waals surface area contributed by atoms with Crippen LogP contribution in [0.1, 0.15) is 18.7 Å². The predicted molar refractivity (Wildman–Crippen MR) is 102 cm³/mol. The summed E-state index contributed by atoms with van der Waals surface area (Å²) in [6.07, 6.45) is 4.18. The van der Waals surface area contributed by atoms with Gasteiger partial charge in [0.25, 0.3) is 5.91 Å². The van der Waals surface area contributed by atoms with Gasteiger partial charge in [0.1, 0.15) is 18.0 Å². The van der Waals surface area contributed by atoms with Crippen LogP contribution in [-0.2, 0) is 31.2 Å². The molecular formula is C20H24N4O4. The topological polar surface area (TPSA) is 85.7 Å². The number of hydrogen-bond donors (Lipinski definition) is 1. The number of fused-ring (bicyclic) bond motifs is 2. The molecule has 8 heteroatoms. The Morgan fingerprint density at radius 3 is 2.75 bits per heavy atom. The largest absolute Gasteiger partial charge is 0.375 e. The zero-order chi connectivity index (χ0) is 19.6. The standard InChI is InChI=1S/C20H24N4O4/c1-27-14-17(25)23-10-7-20(8-11-23)19-21-9-12-24(19)13-16(28-20)18(26)22-15-5-3-2-4-6-15/h2-6,9,12,16H,7-8,10-11,13-14H2,1H3,(H,22,26). The molecule has 0 saturated carbocycles. The maximum atomic E-state index is 12.8. The molecule has 2 amide bonds. The van der Waals surface area contributed by atoms with E-state index in [4.69, 9.17) is 9.47 Å². The van der Waals surface area contributed by atoms with Crippen LogP contribution in [0.2, 0.25) is 0 Å². The number of amides is 2. The van der Waals surface area contributed by atoms with E-state index in [0.717, 1.165) is 11.5 Å². The fourth-order valence-corrected chi connectivity index (χ4v) is 3.95. The number of ether oxygens (including phenoxy) is 2. The molecule has 4 rings (SSSR count). The maximum absolute atomic E-state index is 12.8. The van der Waals surface area contributed by atoms with Crippen LogP contribution < -0.4 is 5.32 Å². The highest BCUT2D eigenvalue weighted by Gasteiger charge is 2.47. The molecular weight excluding hydrogens is 360 g/mol. The molecule has 1 N–H and O–H groups in total. The number of rotatable bonds is 4. The number of para-hydroxylation sites is 1. The van der Waals surface area contributed by atoms with Gasteiger partial charge in [0.05, 0.1) is 6.54 Å². The number of hydrogen-bond acceptors (Lipinski definition) is 5. The monoisotopic (exact) mass is 384 g/mol. The minimum atomic E-state index is -0.662. The number of piperidine rings is 1. The number of benzene rings is 1. The van der Waals surface area contributed by atoms with Gasteiger partial charge in [-0.15, -0.1) is 0 Å². The molecule has 0 bridgehead atoms. The Labute approximate surface area is 163 Å². The summed E-state index contributed by atoms with van der Waals surface area (Å²) >= 11 is 0. The summed E-state index contributed by atoms with van der Waals surface area (Å²) in [7, 11) is 1.51. The molecule has 0 aliphatic carbocycles. The molecule has 1 spiro atoms. The van der Waals surface area contributed by atoms with E-state index >= 15 is 0 Å². The Kier molecular flexibility index (Phi) is 5.15. The van der Waals surface area contributed by atoms with Crippen LogP contribution in [0, 0.1) is 0 Å². The number of nitrogens with one attached hydrogen (secondary N) is 1. The third-order valence-corrected chi connectivity index (χ3v) is 5.38. The molecule has 3 heterocycles. The summed E-state index contributed by atoms with van der Waals surface area (Å²) in [5.41, 5.74) is 0.0752. The quantitative estimate of drug-likeness (QED) is 0.861. The number of aromatic nitrogens is 2. The second-order valence-corrected chi connectivity index (χ2v) is 7.17. The van der Waals surface area contributed by atoms with Crippen molar-refractivity contribution < 1.29 is 19.1 Å². The van der Waals surface area contributed by atoms with E-state index in [0.29, 0.717) is 32.5 Å². The number of carbonyl (C=O) groups excluding carboxylic acids is 2. The van der Waals surface area contributed by atoms with E-state index in [1.807, 2.05) is 41.1 Å². The molecule has 28 heavy (non-hydrogen) atoms. The van der Waals surface area contributed by atoms with Crippen molar-refractivity contribution in [3.8, 4) is 0 Å². The molecule has 1 atom stereocenters. The highest BCUT2D eigenvalue weighted by molar-refractivity contribution is 5.94. The summed E-state index contributed by atoms with van der Waals surface area (Å²) in [5.74, 6) is 0.618. The normalized spacial score (nSPS) is 20.6. The first-order valence-corrected chi connectivity index (χ1v) is 9.43. The van der Waals surface area contributed by atoms with Crippen LogP contribution in [0.15, 0.2) is 42.7 Å². The highest BCUT2D eigenvalue weighted by atomic mass is 16.5. The zero-order valence-electron chi connectivity index (χ0n) is 15.8. The van der Waals surface area contributed by atoms with Crippen LogP contribution in [0.5, 0.6) is 0 Å². The van der Waals surface area contributed by atoms with E-state index in [-0.39, 0.29) is 18.4 Å². The Balaban J connectivity index is 1.51. The van der Waals surface area contributed by atoms with Crippen molar-refractivity contribution in [2.24, 2.45) is 0 Å². The molecule has 1 fully saturated rings. The molecule has 2 aliphatic rings. The summed E-state index contributed by atoms with van der Waals surface area (Å²) in [6, 6.07) is 9.34. The number of nitrogens with zero attached hydrogens (tertiary/aromatic N) is 3. The number of methoxy groups -OCH3 is 1. The molecule has 1 unspecified atom stereocenters. The lowest BCUT2D eigenvalue weighted by molar-refractivity contribution is -0.173. The second kappa shape index (κ2) is 7.73. The van der Waals surface area contributed by atoms with E-state index in [1.165, 1.54) is 7.11 Å². The minimum absolute atomic E-state index is 0.0325. The van der Waals surface area contributed by atoms with Gasteiger partial charge in [-0.05, 0) is 12.1 Å². The van der Waals surface area contributed by atoms with E-state index in [9.17, 15) is 9.59 Å². The first-order valence-electron chi connectivity index (χ1n) is 9.43. The van der Waals surface area contributed by atoms with Gasteiger partial charge in [-0.3, -0.25) is 9.59 Å². The van der Waals surface area contributed by atoms with Crippen LogP contribution in [0.4, 0.5) is 5.69 Å². The molecule has 1 saturated heterocycles. The summed E-state index contributed by atoms with van der Waals surface area (Å²) in [4.78, 5) is 31.2. The first-order chi connectivity index (χ1) is 13.6. The van der Waals surface area contributed by atoms with Gasteiger partial charge in [0.15, 0.2) is 6.10 Å². The number of imidazole rings is 1. The predicted octanol–water partition coefficient (Wildman–Crippen LogP) is 1.38. The first kappa shape index (κ1) is 18.6. The van der Waals surface area contributed by atoms with Crippen molar-refractivity contribution in [2.75, 3.05) is 32.1 Å². The Hall–Kier alpha value is -2.71. The molecule has 2 aromatic rings. The maximum Gasteiger partial charge on any atom is 0.255 e. The second-order valence-electron chi connectivity index (χ2n) is 7.17. The number of anilines is 1. The fourth-order valence-electron chi connectivity index (χ4n) is 3.95. The summed E-state index contributed by atoms with van der Waals surface area (Å²) < 4.78 is 13.3. The van der Waals surface area contributed by atoms with Gasteiger partial charge in [-0.1, -0.05) is 18.2 Å². The Morgan fingerprint density at radius 2 is 2.04 bits per heavy atom. The van der Waals surface area contributed by atoms with Gasteiger partial charge >= 0.3 is 0 Å². The van der Waals surface area contributed by atoms with Crippen molar-refractivity contribution in [3.63, 3.8) is 0 Å². The smallest absolute Gasteiger partial charge is 0.255 e. The van der Waals surface area contributed by atoms with Gasteiger partial charge in [-0.2, -0.15) is 0 Å². The van der Waals surface area contributed by atoms with Crippen LogP contribution in [0.25, 0.3) is 0 Å². The third-order valence-electron chi connectivity index (χ3n) is 5.38. The average molecular weight is 384 g/mol. The van der Waals surface area contributed by atoms with Crippen molar-refractivity contribution in [3.05, 3.63) is 48.5 Å². The van der Waals surface area contributed by atoms with Gasteiger partial charge < -0.3 is 24.3 Å². The summed E-state index contributed by atoms with van der Waals surface area (Å²) in [6.45, 7) is 1.58. The fraction of sp³-hybridized carbons (Fsp3) is 0.450. The minimum Gasteiger partial charge on any atom is -0.375 e. The van der Waals surface area contributed by atoms with Crippen molar-refractivity contribution >= 4 is 17.5 Å². The average Bonchev–Trinajstić information content (AvgIpc) is 3.19. The third kappa shape index (κ3) is 3.53. The van der Waals surface area contributed by atoms with E-state index in [1.54, 1.807) is 11.1 Å². The molecule has 148 valence electrons. The molecule has 1 aromatic carbocycles. The lowest BCUT2D eigenvalue weighted by Gasteiger charge is -2.45. The summed E-state index contributed by atoms with van der Waals surface area (Å²) in [5, 5.41) is 2.92. The number of likely N-dealkylation sites (tertiary alicyclic amines) is 1. The SMILES string of the molecule is COCC(=O)N1CCC2(CC1)OC(C(=O)Nc1ccccc1)Cn1ccnc12. The molecule has 2 aliphatic heterocycles.